The molecule has 6 nitrogen and oxygen atoms in total. The molecule has 0 atom stereocenters. The monoisotopic (exact) mass is 287 g/mol. The Morgan fingerprint density at radius 1 is 1.29 bits per heavy atom. The van der Waals surface area contributed by atoms with Crippen molar-refractivity contribution in [3.8, 4) is 0 Å². The van der Waals surface area contributed by atoms with Crippen LogP contribution in [0.5, 0.6) is 0 Å². The second kappa shape index (κ2) is 6.88. The molecular formula is C15H21N5O. The molecule has 112 valence electrons. The predicted molar refractivity (Wildman–Crippen MR) is 85.0 cm³/mol. The van der Waals surface area contributed by atoms with E-state index in [0.29, 0.717) is 24.5 Å². The third-order valence-corrected chi connectivity index (χ3v) is 3.41. The lowest BCUT2D eigenvalue weighted by atomic mass is 10.2. The van der Waals surface area contributed by atoms with Crippen LogP contribution < -0.4 is 11.1 Å². The van der Waals surface area contributed by atoms with Gasteiger partial charge in [0.25, 0.3) is 0 Å². The number of nitrogen functional groups attached to an aromatic ring is 1. The number of nitrogens with one attached hydrogen (secondary N) is 1. The summed E-state index contributed by atoms with van der Waals surface area (Å²) < 4.78 is 0. The minimum Gasteiger partial charge on any atom is -0.399 e. The van der Waals surface area contributed by atoms with Crippen LogP contribution in [0.2, 0.25) is 0 Å². The lowest BCUT2D eigenvalue weighted by molar-refractivity contribution is -0.130. The number of anilines is 2. The summed E-state index contributed by atoms with van der Waals surface area (Å²) in [5.74, 6) is 0.852. The highest BCUT2D eigenvalue weighted by Gasteiger charge is 2.09. The van der Waals surface area contributed by atoms with Crippen molar-refractivity contribution in [3.63, 3.8) is 0 Å². The normalized spacial score (nSPS) is 10.6. The molecule has 0 aliphatic heterocycles. The van der Waals surface area contributed by atoms with Gasteiger partial charge in [-0.05, 0) is 32.0 Å². The second-order valence-corrected chi connectivity index (χ2v) is 4.74. The maximum absolute atomic E-state index is 11.9. The number of carbonyl (C=O) groups is 1. The topological polar surface area (TPSA) is 84.1 Å². The van der Waals surface area contributed by atoms with Crippen LogP contribution in [0.25, 0.3) is 10.9 Å². The van der Waals surface area contributed by atoms with Gasteiger partial charge in [0.1, 0.15) is 12.1 Å². The minimum atomic E-state index is 0.144. The van der Waals surface area contributed by atoms with Crippen LogP contribution in [0.4, 0.5) is 11.5 Å². The molecule has 1 aromatic heterocycles. The zero-order valence-corrected chi connectivity index (χ0v) is 12.5. The molecular weight excluding hydrogens is 266 g/mol. The molecule has 21 heavy (non-hydrogen) atoms. The van der Waals surface area contributed by atoms with Gasteiger partial charge < -0.3 is 16.0 Å². The van der Waals surface area contributed by atoms with Crippen LogP contribution in [-0.4, -0.2) is 40.4 Å². The van der Waals surface area contributed by atoms with E-state index in [-0.39, 0.29) is 5.91 Å². The molecule has 0 aliphatic rings. The van der Waals surface area contributed by atoms with Gasteiger partial charge in [0.2, 0.25) is 5.91 Å². The number of rotatable bonds is 6. The SMILES string of the molecule is CCN(CC)C(=O)CCNc1ncnc2ccc(N)cc12. The zero-order chi connectivity index (χ0) is 15.2. The maximum Gasteiger partial charge on any atom is 0.224 e. The van der Waals surface area contributed by atoms with Gasteiger partial charge >= 0.3 is 0 Å². The molecule has 1 amide bonds. The number of hydrogen-bond acceptors (Lipinski definition) is 5. The lowest BCUT2D eigenvalue weighted by Crippen LogP contribution is -2.31. The van der Waals surface area contributed by atoms with Gasteiger partial charge in [-0.15, -0.1) is 0 Å². The molecule has 0 spiro atoms. The smallest absolute Gasteiger partial charge is 0.224 e. The fraction of sp³-hybridized carbons (Fsp3) is 0.400. The van der Waals surface area contributed by atoms with E-state index >= 15 is 0 Å². The minimum absolute atomic E-state index is 0.144. The first-order valence-electron chi connectivity index (χ1n) is 7.17. The second-order valence-electron chi connectivity index (χ2n) is 4.74. The third kappa shape index (κ3) is 3.59. The van der Waals surface area contributed by atoms with Gasteiger partial charge in [0, 0.05) is 37.1 Å². The Morgan fingerprint density at radius 2 is 2.05 bits per heavy atom. The van der Waals surface area contributed by atoms with E-state index in [4.69, 9.17) is 5.73 Å². The largest absolute Gasteiger partial charge is 0.399 e. The summed E-state index contributed by atoms with van der Waals surface area (Å²) in [5.41, 5.74) is 7.30. The Labute approximate surface area is 124 Å². The van der Waals surface area contributed by atoms with E-state index in [1.54, 1.807) is 0 Å². The molecule has 2 aromatic rings. The standard InChI is InChI=1S/C15H21N5O/c1-3-20(4-2)14(21)7-8-17-15-12-9-11(16)5-6-13(12)18-10-19-15/h5-6,9-10H,3-4,7-8,16H2,1-2H3,(H,17,18,19). The Morgan fingerprint density at radius 3 is 2.76 bits per heavy atom. The lowest BCUT2D eigenvalue weighted by Gasteiger charge is -2.18. The van der Waals surface area contributed by atoms with Crippen molar-refractivity contribution in [1.29, 1.82) is 0 Å². The molecule has 0 bridgehead atoms. The summed E-state index contributed by atoms with van der Waals surface area (Å²) in [5, 5.41) is 4.06. The molecule has 0 aliphatic carbocycles. The Bertz CT molecular complexity index is 624. The van der Waals surface area contributed by atoms with Crippen LogP contribution in [-0.2, 0) is 4.79 Å². The van der Waals surface area contributed by atoms with Gasteiger partial charge in [-0.25, -0.2) is 9.97 Å². The van der Waals surface area contributed by atoms with Gasteiger partial charge in [0.05, 0.1) is 5.52 Å². The van der Waals surface area contributed by atoms with E-state index in [1.165, 1.54) is 6.33 Å². The number of hydrogen-bond donors (Lipinski definition) is 2. The van der Waals surface area contributed by atoms with E-state index in [2.05, 4.69) is 15.3 Å². The molecule has 0 radical (unpaired) electrons. The molecule has 0 unspecified atom stereocenters. The van der Waals surface area contributed by atoms with Crippen molar-refractivity contribution < 1.29 is 4.79 Å². The van der Waals surface area contributed by atoms with Gasteiger partial charge in [-0.1, -0.05) is 0 Å². The van der Waals surface area contributed by atoms with Gasteiger partial charge in [-0.2, -0.15) is 0 Å². The quantitative estimate of drug-likeness (QED) is 0.792. The van der Waals surface area contributed by atoms with E-state index < -0.39 is 0 Å². The number of fused-ring (bicyclic) bond motifs is 1. The summed E-state index contributed by atoms with van der Waals surface area (Å²) in [6.07, 6.45) is 1.95. The molecule has 2 rings (SSSR count). The van der Waals surface area contributed by atoms with Crippen molar-refractivity contribution in [2.75, 3.05) is 30.7 Å². The highest BCUT2D eigenvalue weighted by molar-refractivity contribution is 5.91. The summed E-state index contributed by atoms with van der Waals surface area (Å²) >= 11 is 0. The van der Waals surface area contributed by atoms with Gasteiger partial charge in [-0.3, -0.25) is 4.79 Å². The first kappa shape index (κ1) is 15.0. The molecule has 0 saturated heterocycles. The van der Waals surface area contributed by atoms with E-state index in [1.807, 2.05) is 36.9 Å². The van der Waals surface area contributed by atoms with Crippen molar-refractivity contribution in [3.05, 3.63) is 24.5 Å². The molecule has 1 aromatic carbocycles. The van der Waals surface area contributed by atoms with Crippen molar-refractivity contribution in [2.45, 2.75) is 20.3 Å². The summed E-state index contributed by atoms with van der Waals surface area (Å²) in [6, 6.07) is 5.51. The Hall–Kier alpha value is -2.37. The van der Waals surface area contributed by atoms with Crippen LogP contribution >= 0.6 is 0 Å². The molecule has 0 fully saturated rings. The van der Waals surface area contributed by atoms with Crippen LogP contribution in [0, 0.1) is 0 Å². The zero-order valence-electron chi connectivity index (χ0n) is 12.5. The van der Waals surface area contributed by atoms with Crippen LogP contribution in [0.1, 0.15) is 20.3 Å². The summed E-state index contributed by atoms with van der Waals surface area (Å²) in [6.45, 7) is 5.98. The van der Waals surface area contributed by atoms with E-state index in [0.717, 1.165) is 24.0 Å². The van der Waals surface area contributed by atoms with Crippen molar-refractivity contribution in [1.82, 2.24) is 14.9 Å². The van der Waals surface area contributed by atoms with Crippen LogP contribution in [0.3, 0.4) is 0 Å². The first-order valence-corrected chi connectivity index (χ1v) is 7.17. The Kier molecular flexibility index (Phi) is 4.92. The Balaban J connectivity index is 2.04. The van der Waals surface area contributed by atoms with Crippen molar-refractivity contribution >= 4 is 28.3 Å². The summed E-state index contributed by atoms with van der Waals surface area (Å²) in [7, 11) is 0. The molecule has 6 heteroatoms. The number of benzene rings is 1. The average Bonchev–Trinajstić information content (AvgIpc) is 2.49. The molecule has 3 N–H and O–H groups in total. The molecule has 0 saturated carbocycles. The first-order chi connectivity index (χ1) is 10.2. The summed E-state index contributed by atoms with van der Waals surface area (Å²) in [4.78, 5) is 22.2. The van der Waals surface area contributed by atoms with Crippen molar-refractivity contribution in [2.24, 2.45) is 0 Å². The number of carbonyl (C=O) groups excluding carboxylic acids is 1. The number of aromatic nitrogens is 2. The fourth-order valence-corrected chi connectivity index (χ4v) is 2.24. The number of nitrogens with two attached hydrogens (primary N) is 1. The van der Waals surface area contributed by atoms with Crippen LogP contribution in [0.15, 0.2) is 24.5 Å². The average molecular weight is 287 g/mol. The highest BCUT2D eigenvalue weighted by Crippen LogP contribution is 2.21. The third-order valence-electron chi connectivity index (χ3n) is 3.41. The highest BCUT2D eigenvalue weighted by atomic mass is 16.2. The fourth-order valence-electron chi connectivity index (χ4n) is 2.24. The maximum atomic E-state index is 11.9. The van der Waals surface area contributed by atoms with Gasteiger partial charge in [0.15, 0.2) is 0 Å². The molecule has 1 heterocycles. The number of amides is 1. The predicted octanol–water partition coefficient (Wildman–Crippen LogP) is 1.88. The van der Waals surface area contributed by atoms with E-state index in [9.17, 15) is 4.79 Å². The number of nitrogens with zero attached hydrogens (tertiary/aromatic N) is 3.